The molecule has 1 aromatic carbocycles. The van der Waals surface area contributed by atoms with E-state index in [4.69, 9.17) is 22.3 Å². The van der Waals surface area contributed by atoms with E-state index in [1.807, 2.05) is 0 Å². The first-order chi connectivity index (χ1) is 9.51. The predicted molar refractivity (Wildman–Crippen MR) is 78.5 cm³/mol. The Morgan fingerprint density at radius 1 is 1.24 bits per heavy atom. The van der Waals surface area contributed by atoms with Crippen LogP contribution >= 0.6 is 22.3 Å². The number of rotatable bonds is 2. The van der Waals surface area contributed by atoms with Crippen LogP contribution in [0.2, 0.25) is 5.02 Å². The number of aromatic nitrogens is 3. The van der Waals surface area contributed by atoms with Crippen LogP contribution in [0.5, 0.6) is 0 Å². The minimum Gasteiger partial charge on any atom is -0.291 e. The van der Waals surface area contributed by atoms with E-state index in [1.165, 1.54) is 22.8 Å². The number of halogens is 3. The van der Waals surface area contributed by atoms with Crippen molar-refractivity contribution < 1.29 is 12.8 Å². The molecule has 0 bridgehead atoms. The fraction of sp³-hybridized carbons (Fsp3) is 0.333. The smallest absolute Gasteiger partial charge is 0.291 e. The van der Waals surface area contributed by atoms with Crippen molar-refractivity contribution in [2.45, 2.75) is 31.5 Å². The molecular formula is C12H12Cl2FN3O2S. The van der Waals surface area contributed by atoms with Gasteiger partial charge in [-0.3, -0.25) is 4.57 Å². The Morgan fingerprint density at radius 3 is 2.38 bits per heavy atom. The molecule has 114 valence electrons. The third kappa shape index (κ3) is 3.20. The average Bonchev–Trinajstić information content (AvgIpc) is 2.76. The minimum atomic E-state index is -4.12. The topological polar surface area (TPSA) is 64.8 Å². The lowest BCUT2D eigenvalue weighted by Gasteiger charge is -2.24. The van der Waals surface area contributed by atoms with Crippen LogP contribution in [0.15, 0.2) is 23.4 Å². The van der Waals surface area contributed by atoms with Crippen molar-refractivity contribution in [2.75, 3.05) is 0 Å². The third-order valence-corrected chi connectivity index (χ3v) is 4.04. The van der Waals surface area contributed by atoms with E-state index in [2.05, 4.69) is 10.2 Å². The van der Waals surface area contributed by atoms with Gasteiger partial charge in [0.05, 0.1) is 5.56 Å². The quantitative estimate of drug-likeness (QED) is 0.777. The number of hydrogen-bond acceptors (Lipinski definition) is 4. The molecule has 1 heterocycles. The van der Waals surface area contributed by atoms with Crippen LogP contribution in [-0.2, 0) is 14.6 Å². The molecule has 2 aromatic rings. The summed E-state index contributed by atoms with van der Waals surface area (Å²) in [5.41, 5.74) is -0.679. The van der Waals surface area contributed by atoms with Gasteiger partial charge in [-0.2, -0.15) is 0 Å². The van der Waals surface area contributed by atoms with Crippen LogP contribution in [0.4, 0.5) is 4.39 Å². The van der Waals surface area contributed by atoms with Crippen LogP contribution in [0, 0.1) is 5.82 Å². The van der Waals surface area contributed by atoms with Gasteiger partial charge in [0.25, 0.3) is 14.2 Å². The van der Waals surface area contributed by atoms with Gasteiger partial charge in [-0.25, -0.2) is 12.8 Å². The second-order valence-corrected chi connectivity index (χ2v) is 8.27. The first kappa shape index (κ1) is 16.2. The van der Waals surface area contributed by atoms with Crippen molar-refractivity contribution in [1.29, 1.82) is 0 Å². The summed E-state index contributed by atoms with van der Waals surface area (Å²) in [6, 6.07) is 3.92. The van der Waals surface area contributed by atoms with Crippen LogP contribution in [-0.4, -0.2) is 23.2 Å². The fourth-order valence-corrected chi connectivity index (χ4v) is 3.06. The van der Waals surface area contributed by atoms with Gasteiger partial charge < -0.3 is 0 Å². The zero-order valence-electron chi connectivity index (χ0n) is 11.4. The monoisotopic (exact) mass is 351 g/mol. The predicted octanol–water partition coefficient (Wildman–Crippen LogP) is 3.42. The van der Waals surface area contributed by atoms with Crippen LogP contribution < -0.4 is 0 Å². The Hall–Kier alpha value is -1.18. The number of hydrogen-bond donors (Lipinski definition) is 0. The Balaban J connectivity index is 2.83. The molecule has 0 radical (unpaired) electrons. The van der Waals surface area contributed by atoms with E-state index < -0.39 is 25.6 Å². The molecule has 0 N–H and O–H groups in total. The van der Waals surface area contributed by atoms with E-state index in [9.17, 15) is 12.8 Å². The van der Waals surface area contributed by atoms with Gasteiger partial charge in [-0.15, -0.1) is 10.2 Å². The maximum atomic E-state index is 14.0. The first-order valence-corrected chi connectivity index (χ1v) is 8.56. The van der Waals surface area contributed by atoms with E-state index in [1.54, 1.807) is 20.8 Å². The van der Waals surface area contributed by atoms with Crippen molar-refractivity contribution in [3.63, 3.8) is 0 Å². The molecule has 0 unspecified atom stereocenters. The fourth-order valence-electron chi connectivity index (χ4n) is 1.88. The van der Waals surface area contributed by atoms with Crippen LogP contribution in [0.3, 0.4) is 0 Å². The lowest BCUT2D eigenvalue weighted by atomic mass is 10.1. The van der Waals surface area contributed by atoms with Crippen molar-refractivity contribution in [3.8, 4) is 11.4 Å². The molecule has 0 atom stereocenters. The zero-order valence-corrected chi connectivity index (χ0v) is 13.8. The Labute approximate surface area is 131 Å². The summed E-state index contributed by atoms with van der Waals surface area (Å²) >= 11 is 5.86. The highest BCUT2D eigenvalue weighted by atomic mass is 35.7. The summed E-state index contributed by atoms with van der Waals surface area (Å²) < 4.78 is 38.5. The van der Waals surface area contributed by atoms with Gasteiger partial charge in [0.1, 0.15) is 5.82 Å². The molecule has 0 saturated heterocycles. The third-order valence-electron chi connectivity index (χ3n) is 2.69. The Morgan fingerprint density at radius 2 is 1.86 bits per heavy atom. The van der Waals surface area contributed by atoms with E-state index >= 15 is 0 Å². The highest BCUT2D eigenvalue weighted by Crippen LogP contribution is 2.31. The molecule has 0 saturated carbocycles. The molecule has 0 fully saturated rings. The Bertz CT molecular complexity index is 797. The zero-order chi connectivity index (χ0) is 16.0. The summed E-state index contributed by atoms with van der Waals surface area (Å²) in [5, 5.41) is 7.21. The van der Waals surface area contributed by atoms with Crippen molar-refractivity contribution in [2.24, 2.45) is 0 Å². The lowest BCUT2D eigenvalue weighted by Crippen LogP contribution is -2.26. The lowest BCUT2D eigenvalue weighted by molar-refractivity contribution is 0.366. The standard InChI is InChI=1S/C12H12Cl2FN3O2S/c1-12(2,3)18-10(16-17-11(18)21(14,19)20)8-6-7(13)4-5-9(8)15/h4-6H,1-3H3. The molecule has 21 heavy (non-hydrogen) atoms. The van der Waals surface area contributed by atoms with Gasteiger partial charge >= 0.3 is 0 Å². The number of nitrogens with zero attached hydrogens (tertiary/aromatic N) is 3. The SMILES string of the molecule is CC(C)(C)n1c(-c2cc(Cl)ccc2F)nnc1S(=O)(=O)Cl. The molecule has 5 nitrogen and oxygen atoms in total. The second-order valence-electron chi connectivity index (χ2n) is 5.37. The molecular weight excluding hydrogens is 340 g/mol. The molecule has 0 spiro atoms. The van der Waals surface area contributed by atoms with E-state index in [-0.39, 0.29) is 11.4 Å². The minimum absolute atomic E-state index is 0.0433. The van der Waals surface area contributed by atoms with Crippen molar-refractivity contribution in [3.05, 3.63) is 29.0 Å². The van der Waals surface area contributed by atoms with Crippen molar-refractivity contribution in [1.82, 2.24) is 14.8 Å². The van der Waals surface area contributed by atoms with E-state index in [0.29, 0.717) is 5.02 Å². The summed E-state index contributed by atoms with van der Waals surface area (Å²) in [4.78, 5) is 0. The van der Waals surface area contributed by atoms with Gasteiger partial charge in [0.15, 0.2) is 5.82 Å². The second kappa shape index (κ2) is 5.23. The van der Waals surface area contributed by atoms with Gasteiger partial charge in [-0.1, -0.05) is 11.6 Å². The average molecular weight is 352 g/mol. The van der Waals surface area contributed by atoms with Crippen molar-refractivity contribution >= 4 is 31.3 Å². The van der Waals surface area contributed by atoms with Crippen LogP contribution in [0.1, 0.15) is 20.8 Å². The number of benzene rings is 1. The molecule has 0 aliphatic heterocycles. The van der Waals surface area contributed by atoms with Crippen LogP contribution in [0.25, 0.3) is 11.4 Å². The molecule has 2 rings (SSSR count). The molecule has 9 heteroatoms. The molecule has 0 amide bonds. The molecule has 0 aliphatic carbocycles. The summed E-state index contributed by atoms with van der Waals surface area (Å²) in [7, 11) is 1.25. The van der Waals surface area contributed by atoms with Gasteiger partial charge in [0.2, 0.25) is 0 Å². The maximum Gasteiger partial charge on any atom is 0.296 e. The summed E-state index contributed by atoms with van der Waals surface area (Å²) in [5.74, 6) is -0.544. The van der Waals surface area contributed by atoms with Gasteiger partial charge in [0, 0.05) is 21.2 Å². The molecule has 1 aromatic heterocycles. The normalized spacial score (nSPS) is 12.7. The highest BCUT2D eigenvalue weighted by molar-refractivity contribution is 8.13. The summed E-state index contributed by atoms with van der Waals surface area (Å²) in [6.45, 7) is 5.19. The van der Waals surface area contributed by atoms with E-state index in [0.717, 1.165) is 0 Å². The molecule has 0 aliphatic rings. The first-order valence-electron chi connectivity index (χ1n) is 5.88. The largest absolute Gasteiger partial charge is 0.296 e. The van der Waals surface area contributed by atoms with Gasteiger partial charge in [-0.05, 0) is 39.0 Å². The maximum absolute atomic E-state index is 14.0. The Kier molecular flexibility index (Phi) is 4.03. The highest BCUT2D eigenvalue weighted by Gasteiger charge is 2.31. The summed E-state index contributed by atoms with van der Waals surface area (Å²) in [6.07, 6.45) is 0.